The van der Waals surface area contributed by atoms with Gasteiger partial charge in [-0.25, -0.2) is 0 Å². The number of nitrogens with one attached hydrogen (secondary N) is 1. The Hall–Kier alpha value is -1.06. The molecule has 2 N–H and O–H groups in total. The van der Waals surface area contributed by atoms with E-state index in [9.17, 15) is 4.79 Å². The van der Waals surface area contributed by atoms with E-state index in [0.717, 1.165) is 29.0 Å². The van der Waals surface area contributed by atoms with Crippen LogP contribution in [0.4, 0.5) is 0 Å². The second kappa shape index (κ2) is 5.07. The number of hydrogen-bond donors (Lipinski definition) is 2. The molecule has 0 radical (unpaired) electrons. The van der Waals surface area contributed by atoms with E-state index in [-0.39, 0.29) is 5.92 Å². The van der Waals surface area contributed by atoms with Gasteiger partial charge in [0.15, 0.2) is 0 Å². The minimum atomic E-state index is -0.684. The summed E-state index contributed by atoms with van der Waals surface area (Å²) in [4.78, 5) is 10.6. The van der Waals surface area contributed by atoms with Crippen molar-refractivity contribution in [3.05, 3.63) is 34.3 Å². The van der Waals surface area contributed by atoms with E-state index in [1.54, 1.807) is 0 Å². The second-order valence-electron chi connectivity index (χ2n) is 4.68. The molecule has 1 fully saturated rings. The topological polar surface area (TPSA) is 49.3 Å². The number of hydrogen-bond acceptors (Lipinski definition) is 2. The molecule has 0 saturated heterocycles. The van der Waals surface area contributed by atoms with Gasteiger partial charge in [0, 0.05) is 17.6 Å². The molecule has 0 heterocycles. The summed E-state index contributed by atoms with van der Waals surface area (Å²) in [6, 6.07) is 6.30. The predicted octanol–water partition coefficient (Wildman–Crippen LogP) is 2.60. The monoisotopic (exact) mass is 253 g/mol. The van der Waals surface area contributed by atoms with Gasteiger partial charge < -0.3 is 10.4 Å². The number of halogens is 1. The minimum absolute atomic E-state index is 0.166. The maximum absolute atomic E-state index is 10.6. The molecule has 1 aliphatic rings. The third-order valence-electron chi connectivity index (χ3n) is 3.28. The van der Waals surface area contributed by atoms with Crippen LogP contribution in [0, 0.1) is 12.8 Å². The normalized spacial score (nSPS) is 23.2. The maximum atomic E-state index is 10.6. The predicted molar refractivity (Wildman–Crippen MR) is 67.2 cm³/mol. The zero-order valence-corrected chi connectivity index (χ0v) is 10.5. The molecule has 1 aliphatic carbocycles. The molecule has 0 aromatic heterocycles. The van der Waals surface area contributed by atoms with Gasteiger partial charge in [-0.15, -0.1) is 0 Å². The van der Waals surface area contributed by atoms with Crippen molar-refractivity contribution in [1.29, 1.82) is 0 Å². The summed E-state index contributed by atoms with van der Waals surface area (Å²) >= 11 is 6.12. The number of carboxylic acids is 1. The second-order valence-corrected chi connectivity index (χ2v) is 5.09. The fourth-order valence-electron chi connectivity index (χ4n) is 2.04. The lowest BCUT2D eigenvalue weighted by Crippen LogP contribution is -2.43. The molecule has 0 bridgehead atoms. The smallest absolute Gasteiger partial charge is 0.306 e. The van der Waals surface area contributed by atoms with E-state index < -0.39 is 5.97 Å². The molecule has 0 unspecified atom stereocenters. The first-order valence-corrected chi connectivity index (χ1v) is 6.15. The number of benzene rings is 1. The highest BCUT2D eigenvalue weighted by atomic mass is 35.5. The molecule has 2 rings (SSSR count). The van der Waals surface area contributed by atoms with Gasteiger partial charge in [0.25, 0.3) is 0 Å². The molecule has 0 aliphatic heterocycles. The van der Waals surface area contributed by atoms with E-state index in [2.05, 4.69) is 5.32 Å². The van der Waals surface area contributed by atoms with Gasteiger partial charge in [-0.1, -0.05) is 23.7 Å². The van der Waals surface area contributed by atoms with Crippen LogP contribution in [0.3, 0.4) is 0 Å². The molecule has 3 nitrogen and oxygen atoms in total. The van der Waals surface area contributed by atoms with Crippen LogP contribution >= 0.6 is 11.6 Å². The Morgan fingerprint density at radius 3 is 2.82 bits per heavy atom. The van der Waals surface area contributed by atoms with Crippen molar-refractivity contribution in [2.75, 3.05) is 0 Å². The van der Waals surface area contributed by atoms with E-state index in [1.807, 2.05) is 25.1 Å². The summed E-state index contributed by atoms with van der Waals surface area (Å²) < 4.78 is 0. The molecule has 0 atom stereocenters. The molecule has 0 spiro atoms. The molecular formula is C13H16ClNO2. The van der Waals surface area contributed by atoms with Crippen LogP contribution in [0.15, 0.2) is 18.2 Å². The summed E-state index contributed by atoms with van der Waals surface area (Å²) in [5.41, 5.74) is 2.21. The Labute approximate surface area is 106 Å². The van der Waals surface area contributed by atoms with Crippen LogP contribution in [0.5, 0.6) is 0 Å². The minimum Gasteiger partial charge on any atom is -0.481 e. The largest absolute Gasteiger partial charge is 0.481 e. The Balaban J connectivity index is 1.81. The summed E-state index contributed by atoms with van der Waals surface area (Å²) in [5, 5.41) is 12.9. The van der Waals surface area contributed by atoms with Gasteiger partial charge in [0.05, 0.1) is 5.92 Å². The number of rotatable bonds is 4. The highest BCUT2D eigenvalue weighted by Gasteiger charge is 2.33. The Morgan fingerprint density at radius 1 is 1.53 bits per heavy atom. The van der Waals surface area contributed by atoms with Crippen molar-refractivity contribution in [2.24, 2.45) is 5.92 Å². The first kappa shape index (κ1) is 12.4. The van der Waals surface area contributed by atoms with Crippen molar-refractivity contribution in [1.82, 2.24) is 5.32 Å². The summed E-state index contributed by atoms with van der Waals surface area (Å²) in [5.74, 6) is -0.850. The number of aliphatic carboxylic acids is 1. The Kier molecular flexibility index (Phi) is 3.69. The summed E-state index contributed by atoms with van der Waals surface area (Å²) in [6.45, 7) is 2.71. The van der Waals surface area contributed by atoms with Crippen molar-refractivity contribution in [3.63, 3.8) is 0 Å². The van der Waals surface area contributed by atoms with Crippen LogP contribution in [0.1, 0.15) is 24.0 Å². The summed E-state index contributed by atoms with van der Waals surface area (Å²) in [6.07, 6.45) is 1.44. The number of carboxylic acid groups (broad SMARTS) is 1. The van der Waals surface area contributed by atoms with Gasteiger partial charge >= 0.3 is 5.97 Å². The van der Waals surface area contributed by atoms with E-state index in [1.165, 1.54) is 0 Å². The molecular weight excluding hydrogens is 238 g/mol. The highest BCUT2D eigenvalue weighted by Crippen LogP contribution is 2.28. The quantitative estimate of drug-likeness (QED) is 0.867. The molecule has 1 saturated carbocycles. The molecule has 92 valence electrons. The van der Waals surface area contributed by atoms with Gasteiger partial charge in [0.2, 0.25) is 0 Å². The molecule has 4 heteroatoms. The number of aryl methyl sites for hydroxylation is 1. The maximum Gasteiger partial charge on any atom is 0.306 e. The first-order valence-electron chi connectivity index (χ1n) is 5.77. The molecule has 1 aromatic carbocycles. The van der Waals surface area contributed by atoms with Gasteiger partial charge in [-0.3, -0.25) is 4.79 Å². The fourth-order valence-corrected chi connectivity index (χ4v) is 2.34. The van der Waals surface area contributed by atoms with Crippen molar-refractivity contribution < 1.29 is 9.90 Å². The van der Waals surface area contributed by atoms with Crippen molar-refractivity contribution in [3.8, 4) is 0 Å². The van der Waals surface area contributed by atoms with E-state index in [4.69, 9.17) is 16.7 Å². The average molecular weight is 254 g/mol. The van der Waals surface area contributed by atoms with Gasteiger partial charge in [-0.2, -0.15) is 0 Å². The zero-order valence-electron chi connectivity index (χ0n) is 9.74. The van der Waals surface area contributed by atoms with Crippen LogP contribution in [0.25, 0.3) is 0 Å². The lowest BCUT2D eigenvalue weighted by atomic mass is 9.80. The lowest BCUT2D eigenvalue weighted by Gasteiger charge is -2.33. The van der Waals surface area contributed by atoms with Crippen molar-refractivity contribution in [2.45, 2.75) is 32.4 Å². The van der Waals surface area contributed by atoms with Crippen LogP contribution in [-0.2, 0) is 11.3 Å². The van der Waals surface area contributed by atoms with E-state index >= 15 is 0 Å². The standard InChI is InChI=1S/C13H16ClNO2/c1-8-2-3-9(12(14)4-8)7-15-11-5-10(6-11)13(16)17/h2-4,10-11,15H,5-7H2,1H3,(H,16,17). The number of carbonyl (C=O) groups is 1. The average Bonchev–Trinajstić information content (AvgIpc) is 2.17. The zero-order chi connectivity index (χ0) is 12.4. The Bertz CT molecular complexity index is 427. The van der Waals surface area contributed by atoms with Crippen LogP contribution in [0.2, 0.25) is 5.02 Å². The highest BCUT2D eigenvalue weighted by molar-refractivity contribution is 6.31. The van der Waals surface area contributed by atoms with Crippen LogP contribution in [-0.4, -0.2) is 17.1 Å². The van der Waals surface area contributed by atoms with Crippen molar-refractivity contribution >= 4 is 17.6 Å². The Morgan fingerprint density at radius 2 is 2.24 bits per heavy atom. The third-order valence-corrected chi connectivity index (χ3v) is 3.63. The SMILES string of the molecule is Cc1ccc(CNC2CC(C(=O)O)C2)c(Cl)c1. The molecule has 0 amide bonds. The first-order chi connectivity index (χ1) is 8.06. The molecule has 17 heavy (non-hydrogen) atoms. The lowest BCUT2D eigenvalue weighted by molar-refractivity contribution is -0.145. The molecule has 1 aromatic rings. The van der Waals surface area contributed by atoms with Crippen LogP contribution < -0.4 is 5.32 Å². The summed E-state index contributed by atoms with van der Waals surface area (Å²) in [7, 11) is 0. The third kappa shape index (κ3) is 2.99. The van der Waals surface area contributed by atoms with Gasteiger partial charge in [-0.05, 0) is 37.0 Å². The fraction of sp³-hybridized carbons (Fsp3) is 0.462. The van der Waals surface area contributed by atoms with E-state index in [0.29, 0.717) is 12.6 Å². The van der Waals surface area contributed by atoms with Gasteiger partial charge in [0.1, 0.15) is 0 Å².